The summed E-state index contributed by atoms with van der Waals surface area (Å²) < 4.78 is 7.24. The third-order valence-corrected chi connectivity index (χ3v) is 7.69. The topological polar surface area (TPSA) is 64.4 Å². The molecule has 6 nitrogen and oxygen atoms in total. The number of hydrogen-bond donors (Lipinski definition) is 0. The number of rotatable bonds is 4. The minimum Gasteiger partial charge on any atom is -0.378 e. The smallest absolute Gasteiger partial charge is 0.268 e. The minimum absolute atomic E-state index is 0.107. The van der Waals surface area contributed by atoms with Crippen molar-refractivity contribution in [3.63, 3.8) is 0 Å². The third-order valence-electron chi connectivity index (χ3n) is 5.54. The summed E-state index contributed by atoms with van der Waals surface area (Å²) in [4.78, 5) is 33.4. The van der Waals surface area contributed by atoms with E-state index in [0.717, 1.165) is 47.8 Å². The van der Waals surface area contributed by atoms with Gasteiger partial charge in [0.25, 0.3) is 5.56 Å². The standard InChI is InChI=1S/C19H27N3O3S2/c1-13-11-15-17(27-13)18(24)22(14-5-3-2-4-6-14)19(20-15)26-12-16(23)21-7-9-25-10-8-21/h13-14H,2-12H2,1H3. The van der Waals surface area contributed by atoms with E-state index in [4.69, 9.17) is 9.72 Å². The van der Waals surface area contributed by atoms with Gasteiger partial charge in [-0.1, -0.05) is 37.9 Å². The molecule has 4 rings (SSSR count). The maximum absolute atomic E-state index is 13.2. The Kier molecular flexibility index (Phi) is 6.14. The molecule has 1 unspecified atom stereocenters. The summed E-state index contributed by atoms with van der Waals surface area (Å²) in [6, 6.07) is 0.224. The molecule has 0 radical (unpaired) electrons. The van der Waals surface area contributed by atoms with Gasteiger partial charge in [-0.05, 0) is 12.8 Å². The number of thioether (sulfide) groups is 2. The fourth-order valence-electron chi connectivity index (χ4n) is 4.11. The van der Waals surface area contributed by atoms with E-state index < -0.39 is 0 Å². The zero-order valence-electron chi connectivity index (χ0n) is 15.8. The lowest BCUT2D eigenvalue weighted by atomic mass is 9.95. The van der Waals surface area contributed by atoms with Crippen LogP contribution in [-0.2, 0) is 16.0 Å². The van der Waals surface area contributed by atoms with Crippen LogP contribution in [0.3, 0.4) is 0 Å². The maximum atomic E-state index is 13.2. The highest BCUT2D eigenvalue weighted by Crippen LogP contribution is 2.37. The molecule has 1 amide bonds. The molecule has 3 heterocycles. The van der Waals surface area contributed by atoms with E-state index in [1.165, 1.54) is 18.2 Å². The monoisotopic (exact) mass is 409 g/mol. The van der Waals surface area contributed by atoms with Gasteiger partial charge in [0, 0.05) is 30.8 Å². The van der Waals surface area contributed by atoms with Crippen LogP contribution in [0.15, 0.2) is 14.8 Å². The molecule has 0 N–H and O–H groups in total. The van der Waals surface area contributed by atoms with Crippen LogP contribution in [0.1, 0.15) is 50.8 Å². The Morgan fingerprint density at radius 3 is 2.74 bits per heavy atom. The lowest BCUT2D eigenvalue weighted by molar-refractivity contribution is -0.132. The number of amides is 1. The number of ether oxygens (including phenoxy) is 1. The van der Waals surface area contributed by atoms with Crippen molar-refractivity contribution in [3.8, 4) is 0 Å². The molecule has 2 fully saturated rings. The summed E-state index contributed by atoms with van der Waals surface area (Å²) >= 11 is 3.09. The van der Waals surface area contributed by atoms with Gasteiger partial charge in [0.2, 0.25) is 5.91 Å². The first kappa shape index (κ1) is 19.3. The number of hydrogen-bond acceptors (Lipinski definition) is 6. The Morgan fingerprint density at radius 2 is 2.00 bits per heavy atom. The molecule has 1 aromatic rings. The van der Waals surface area contributed by atoms with Crippen molar-refractivity contribution in [2.45, 2.75) is 66.8 Å². The van der Waals surface area contributed by atoms with Crippen LogP contribution in [0.5, 0.6) is 0 Å². The number of nitrogens with zero attached hydrogens (tertiary/aromatic N) is 3. The molecule has 0 bridgehead atoms. The Hall–Kier alpha value is -0.990. The Morgan fingerprint density at radius 1 is 1.26 bits per heavy atom. The van der Waals surface area contributed by atoms with Crippen LogP contribution in [-0.4, -0.2) is 57.7 Å². The molecule has 8 heteroatoms. The van der Waals surface area contributed by atoms with Crippen molar-refractivity contribution in [3.05, 3.63) is 16.0 Å². The molecule has 1 aliphatic carbocycles. The lowest BCUT2D eigenvalue weighted by Crippen LogP contribution is -2.41. The summed E-state index contributed by atoms with van der Waals surface area (Å²) in [6.07, 6.45) is 6.47. The fraction of sp³-hybridized carbons (Fsp3) is 0.737. The quantitative estimate of drug-likeness (QED) is 0.563. The average Bonchev–Trinajstić information content (AvgIpc) is 3.08. The summed E-state index contributed by atoms with van der Waals surface area (Å²) in [7, 11) is 0. The van der Waals surface area contributed by atoms with E-state index in [1.807, 2.05) is 9.47 Å². The van der Waals surface area contributed by atoms with Crippen LogP contribution in [0.4, 0.5) is 0 Å². The Labute approximate surface area is 168 Å². The molecular formula is C19H27N3O3S2. The van der Waals surface area contributed by atoms with E-state index in [0.29, 0.717) is 37.3 Å². The van der Waals surface area contributed by atoms with Gasteiger partial charge in [-0.3, -0.25) is 14.2 Å². The van der Waals surface area contributed by atoms with Gasteiger partial charge >= 0.3 is 0 Å². The van der Waals surface area contributed by atoms with Crippen molar-refractivity contribution >= 4 is 29.4 Å². The van der Waals surface area contributed by atoms with Gasteiger partial charge < -0.3 is 9.64 Å². The van der Waals surface area contributed by atoms with Crippen molar-refractivity contribution in [2.75, 3.05) is 32.1 Å². The molecular weight excluding hydrogens is 382 g/mol. The van der Waals surface area contributed by atoms with E-state index in [2.05, 4.69) is 6.92 Å². The number of morpholine rings is 1. The Bertz CT molecular complexity index is 755. The molecule has 3 aliphatic rings. The van der Waals surface area contributed by atoms with Gasteiger partial charge in [-0.2, -0.15) is 0 Å². The van der Waals surface area contributed by atoms with E-state index in [9.17, 15) is 9.59 Å². The zero-order chi connectivity index (χ0) is 18.8. The second-order valence-corrected chi connectivity index (χ2v) is 9.94. The predicted octanol–water partition coefficient (Wildman–Crippen LogP) is 2.74. The predicted molar refractivity (Wildman–Crippen MR) is 108 cm³/mol. The fourth-order valence-corrected chi connectivity index (χ4v) is 6.19. The molecule has 0 spiro atoms. The maximum Gasteiger partial charge on any atom is 0.268 e. The normalized spacial score (nSPS) is 23.4. The van der Waals surface area contributed by atoms with Crippen LogP contribution in [0.2, 0.25) is 0 Å². The van der Waals surface area contributed by atoms with Crippen molar-refractivity contribution in [1.82, 2.24) is 14.5 Å². The van der Waals surface area contributed by atoms with E-state index in [1.54, 1.807) is 11.8 Å². The molecule has 2 aliphatic heterocycles. The molecule has 1 saturated heterocycles. The van der Waals surface area contributed by atoms with Gasteiger partial charge in [0.15, 0.2) is 5.16 Å². The second kappa shape index (κ2) is 8.57. The number of carbonyl (C=O) groups is 1. The second-order valence-electron chi connectivity index (χ2n) is 7.55. The molecule has 148 valence electrons. The van der Waals surface area contributed by atoms with Crippen LogP contribution in [0, 0.1) is 0 Å². The zero-order valence-corrected chi connectivity index (χ0v) is 17.4. The Balaban J connectivity index is 1.58. The summed E-state index contributed by atoms with van der Waals surface area (Å²) in [5, 5.41) is 1.14. The average molecular weight is 410 g/mol. The molecule has 1 aromatic heterocycles. The molecule has 1 atom stereocenters. The van der Waals surface area contributed by atoms with Gasteiger partial charge in [0.05, 0.1) is 29.6 Å². The molecule has 1 saturated carbocycles. The first-order chi connectivity index (χ1) is 13.1. The molecule has 27 heavy (non-hydrogen) atoms. The van der Waals surface area contributed by atoms with E-state index in [-0.39, 0.29) is 17.5 Å². The number of aromatic nitrogens is 2. The highest BCUT2D eigenvalue weighted by atomic mass is 32.2. The van der Waals surface area contributed by atoms with Gasteiger partial charge in [-0.25, -0.2) is 4.98 Å². The minimum atomic E-state index is 0.107. The summed E-state index contributed by atoms with van der Waals surface area (Å²) in [6.45, 7) is 4.66. The summed E-state index contributed by atoms with van der Waals surface area (Å²) in [5.41, 5.74) is 1.04. The largest absolute Gasteiger partial charge is 0.378 e. The van der Waals surface area contributed by atoms with Crippen molar-refractivity contribution < 1.29 is 9.53 Å². The van der Waals surface area contributed by atoms with Crippen molar-refractivity contribution in [1.29, 1.82) is 0 Å². The highest BCUT2D eigenvalue weighted by molar-refractivity contribution is 8.00. The number of fused-ring (bicyclic) bond motifs is 1. The van der Waals surface area contributed by atoms with E-state index >= 15 is 0 Å². The lowest BCUT2D eigenvalue weighted by Gasteiger charge is -2.28. The molecule has 0 aromatic carbocycles. The SMILES string of the molecule is CC1Cc2nc(SCC(=O)N3CCOCC3)n(C3CCCCC3)c(=O)c2S1. The van der Waals surface area contributed by atoms with Crippen LogP contribution < -0.4 is 5.56 Å². The third kappa shape index (κ3) is 4.22. The van der Waals surface area contributed by atoms with Crippen LogP contribution in [0.25, 0.3) is 0 Å². The first-order valence-electron chi connectivity index (χ1n) is 9.94. The van der Waals surface area contributed by atoms with Gasteiger partial charge in [0.1, 0.15) is 0 Å². The van der Waals surface area contributed by atoms with Crippen LogP contribution >= 0.6 is 23.5 Å². The highest BCUT2D eigenvalue weighted by Gasteiger charge is 2.30. The first-order valence-corrected chi connectivity index (χ1v) is 11.8. The van der Waals surface area contributed by atoms with Crippen molar-refractivity contribution in [2.24, 2.45) is 0 Å². The number of carbonyl (C=O) groups excluding carboxylic acids is 1. The van der Waals surface area contributed by atoms with Gasteiger partial charge in [-0.15, -0.1) is 11.8 Å². The summed E-state index contributed by atoms with van der Waals surface area (Å²) in [5.74, 6) is 0.441.